The summed E-state index contributed by atoms with van der Waals surface area (Å²) in [6.07, 6.45) is 0. The lowest BCUT2D eigenvalue weighted by Crippen LogP contribution is -2.49. The maximum absolute atomic E-state index is 12.8. The van der Waals surface area contributed by atoms with Crippen LogP contribution in [0.3, 0.4) is 0 Å². The molecule has 0 N–H and O–H groups in total. The van der Waals surface area contributed by atoms with Crippen molar-refractivity contribution in [1.82, 2.24) is 14.9 Å². The van der Waals surface area contributed by atoms with E-state index in [4.69, 9.17) is 9.40 Å². The van der Waals surface area contributed by atoms with E-state index in [1.807, 2.05) is 48.2 Å². The molecule has 0 aliphatic carbocycles. The Morgan fingerprint density at radius 3 is 2.52 bits per heavy atom. The first-order valence-electron chi connectivity index (χ1n) is 9.39. The van der Waals surface area contributed by atoms with Crippen LogP contribution < -0.4 is 4.90 Å². The largest absolute Gasteiger partial charge is 0.451 e. The van der Waals surface area contributed by atoms with Crippen molar-refractivity contribution < 1.29 is 9.21 Å². The number of para-hydroxylation sites is 1. The first-order chi connectivity index (χ1) is 13.0. The third-order valence-electron chi connectivity index (χ3n) is 4.90. The number of aromatic nitrogens is 2. The van der Waals surface area contributed by atoms with Gasteiger partial charge in [0.2, 0.25) is 0 Å². The molecule has 1 saturated heterocycles. The number of amides is 1. The van der Waals surface area contributed by atoms with E-state index in [0.717, 1.165) is 41.4 Å². The molecule has 1 aromatic carbocycles. The molecule has 3 aromatic rings. The quantitative estimate of drug-likeness (QED) is 0.710. The highest BCUT2D eigenvalue weighted by Gasteiger charge is 2.25. The Morgan fingerprint density at radius 1 is 1.07 bits per heavy atom. The van der Waals surface area contributed by atoms with Crippen LogP contribution in [0.4, 0.5) is 5.82 Å². The number of rotatable bonds is 3. The lowest BCUT2D eigenvalue weighted by molar-refractivity contribution is 0.0717. The van der Waals surface area contributed by atoms with E-state index in [0.29, 0.717) is 24.8 Å². The number of carbonyl (C=O) groups excluding carboxylic acids is 1. The molecule has 6 heteroatoms. The van der Waals surface area contributed by atoms with Crippen LogP contribution >= 0.6 is 0 Å². The Hall–Kier alpha value is -2.89. The first kappa shape index (κ1) is 17.5. The van der Waals surface area contributed by atoms with Gasteiger partial charge in [-0.15, -0.1) is 0 Å². The van der Waals surface area contributed by atoms with Crippen LogP contribution in [0.15, 0.2) is 40.8 Å². The van der Waals surface area contributed by atoms with Gasteiger partial charge in [-0.25, -0.2) is 9.97 Å². The molecule has 0 saturated carbocycles. The Morgan fingerprint density at radius 2 is 1.81 bits per heavy atom. The minimum Gasteiger partial charge on any atom is -0.451 e. The molecule has 140 valence electrons. The SMILES string of the molecule is Cc1cc(N2CCN(C(=O)c3cc4ccccc4o3)CC2)nc(C(C)C)n1. The summed E-state index contributed by atoms with van der Waals surface area (Å²) < 4.78 is 5.73. The summed E-state index contributed by atoms with van der Waals surface area (Å²) in [5.41, 5.74) is 1.72. The highest BCUT2D eigenvalue weighted by atomic mass is 16.3. The summed E-state index contributed by atoms with van der Waals surface area (Å²) in [6, 6.07) is 11.5. The van der Waals surface area contributed by atoms with Crippen LogP contribution in [0, 0.1) is 6.92 Å². The fraction of sp³-hybridized carbons (Fsp3) is 0.381. The molecule has 2 aromatic heterocycles. The number of aryl methyl sites for hydroxylation is 1. The molecule has 27 heavy (non-hydrogen) atoms. The Kier molecular flexibility index (Phi) is 4.56. The van der Waals surface area contributed by atoms with Crippen LogP contribution in [-0.2, 0) is 0 Å². The third kappa shape index (κ3) is 3.52. The fourth-order valence-corrected chi connectivity index (χ4v) is 3.38. The van der Waals surface area contributed by atoms with Gasteiger partial charge in [0.25, 0.3) is 5.91 Å². The summed E-state index contributed by atoms with van der Waals surface area (Å²) in [6.45, 7) is 9.00. The van der Waals surface area contributed by atoms with E-state index >= 15 is 0 Å². The minimum atomic E-state index is -0.0485. The van der Waals surface area contributed by atoms with Crippen molar-refractivity contribution in [2.75, 3.05) is 31.1 Å². The van der Waals surface area contributed by atoms with E-state index < -0.39 is 0 Å². The number of hydrogen-bond donors (Lipinski definition) is 0. The predicted molar refractivity (Wildman–Crippen MR) is 105 cm³/mol. The summed E-state index contributed by atoms with van der Waals surface area (Å²) >= 11 is 0. The zero-order valence-electron chi connectivity index (χ0n) is 16.0. The number of nitrogens with zero attached hydrogens (tertiary/aromatic N) is 4. The third-order valence-corrected chi connectivity index (χ3v) is 4.90. The van der Waals surface area contributed by atoms with E-state index in [1.54, 1.807) is 0 Å². The summed E-state index contributed by atoms with van der Waals surface area (Å²) in [5.74, 6) is 2.46. The van der Waals surface area contributed by atoms with Crippen LogP contribution in [-0.4, -0.2) is 47.0 Å². The molecule has 1 aliphatic heterocycles. The van der Waals surface area contributed by atoms with Gasteiger partial charge in [0.05, 0.1) is 0 Å². The molecule has 0 spiro atoms. The molecule has 1 fully saturated rings. The lowest BCUT2D eigenvalue weighted by Gasteiger charge is -2.35. The highest BCUT2D eigenvalue weighted by molar-refractivity contribution is 5.96. The number of carbonyl (C=O) groups is 1. The van der Waals surface area contributed by atoms with Gasteiger partial charge < -0.3 is 14.2 Å². The molecule has 6 nitrogen and oxygen atoms in total. The van der Waals surface area contributed by atoms with Crippen LogP contribution in [0.25, 0.3) is 11.0 Å². The average Bonchev–Trinajstić information content (AvgIpc) is 3.11. The normalized spacial score (nSPS) is 15.0. The molecule has 1 aliphatic rings. The number of piperazine rings is 1. The van der Waals surface area contributed by atoms with Crippen molar-refractivity contribution in [1.29, 1.82) is 0 Å². The molecular formula is C21H24N4O2. The highest BCUT2D eigenvalue weighted by Crippen LogP contribution is 2.22. The molecule has 0 unspecified atom stereocenters. The van der Waals surface area contributed by atoms with Gasteiger partial charge in [-0.05, 0) is 19.1 Å². The zero-order chi connectivity index (χ0) is 19.0. The number of benzene rings is 1. The Balaban J connectivity index is 1.46. The van der Waals surface area contributed by atoms with Crippen molar-refractivity contribution in [2.45, 2.75) is 26.7 Å². The van der Waals surface area contributed by atoms with E-state index in [-0.39, 0.29) is 5.91 Å². The minimum absolute atomic E-state index is 0.0485. The van der Waals surface area contributed by atoms with Crippen LogP contribution in [0.2, 0.25) is 0 Å². The molecule has 4 rings (SSSR count). The van der Waals surface area contributed by atoms with E-state index in [1.165, 1.54) is 0 Å². The second-order valence-corrected chi connectivity index (χ2v) is 7.31. The molecule has 1 amide bonds. The van der Waals surface area contributed by atoms with Gasteiger partial charge >= 0.3 is 0 Å². The second kappa shape index (κ2) is 7.02. The molecule has 3 heterocycles. The van der Waals surface area contributed by atoms with Gasteiger partial charge in [-0.1, -0.05) is 32.0 Å². The fourth-order valence-electron chi connectivity index (χ4n) is 3.38. The standard InChI is InChI=1S/C21H24N4O2/c1-14(2)20-22-15(3)12-19(23-20)24-8-10-25(11-9-24)21(26)18-13-16-6-4-5-7-17(16)27-18/h4-7,12-14H,8-11H2,1-3H3. The van der Waals surface area contributed by atoms with Crippen LogP contribution in [0.1, 0.15) is 41.8 Å². The van der Waals surface area contributed by atoms with Crippen LogP contribution in [0.5, 0.6) is 0 Å². The molecule has 0 atom stereocenters. The second-order valence-electron chi connectivity index (χ2n) is 7.31. The summed E-state index contributed by atoms with van der Waals surface area (Å²) in [7, 11) is 0. The topological polar surface area (TPSA) is 62.5 Å². The number of anilines is 1. The monoisotopic (exact) mass is 364 g/mol. The van der Waals surface area contributed by atoms with Gasteiger partial charge in [-0.3, -0.25) is 4.79 Å². The van der Waals surface area contributed by atoms with Gasteiger partial charge in [-0.2, -0.15) is 0 Å². The number of fused-ring (bicyclic) bond motifs is 1. The molecular weight excluding hydrogens is 340 g/mol. The van der Waals surface area contributed by atoms with Gasteiger partial charge in [0.1, 0.15) is 17.2 Å². The Labute approximate surface area is 158 Å². The first-order valence-corrected chi connectivity index (χ1v) is 9.39. The smallest absolute Gasteiger partial charge is 0.289 e. The number of furan rings is 1. The van der Waals surface area contributed by atoms with Crippen molar-refractivity contribution >= 4 is 22.7 Å². The van der Waals surface area contributed by atoms with Crippen molar-refractivity contribution in [3.8, 4) is 0 Å². The van der Waals surface area contributed by atoms with Gasteiger partial charge in [0, 0.05) is 49.2 Å². The average molecular weight is 364 g/mol. The Bertz CT molecular complexity index is 938. The van der Waals surface area contributed by atoms with E-state index in [2.05, 4.69) is 23.7 Å². The zero-order valence-corrected chi connectivity index (χ0v) is 16.0. The maximum atomic E-state index is 12.8. The summed E-state index contributed by atoms with van der Waals surface area (Å²) in [4.78, 5) is 26.1. The molecule has 0 radical (unpaired) electrons. The predicted octanol–water partition coefficient (Wildman–Crippen LogP) is 3.62. The van der Waals surface area contributed by atoms with Crippen molar-refractivity contribution in [3.63, 3.8) is 0 Å². The van der Waals surface area contributed by atoms with Gasteiger partial charge in [0.15, 0.2) is 5.76 Å². The van der Waals surface area contributed by atoms with E-state index in [9.17, 15) is 4.79 Å². The molecule has 0 bridgehead atoms. The van der Waals surface area contributed by atoms with Crippen molar-refractivity contribution in [2.24, 2.45) is 0 Å². The maximum Gasteiger partial charge on any atom is 0.289 e. The van der Waals surface area contributed by atoms with Crippen molar-refractivity contribution in [3.05, 3.63) is 53.7 Å². The summed E-state index contributed by atoms with van der Waals surface area (Å²) in [5, 5.41) is 0.956. The number of hydrogen-bond acceptors (Lipinski definition) is 5. The lowest BCUT2D eigenvalue weighted by atomic mass is 10.2.